The van der Waals surface area contributed by atoms with Gasteiger partial charge in [-0.05, 0) is 0 Å². The molecule has 0 radical (unpaired) electrons. The third kappa shape index (κ3) is 19.7. The van der Waals surface area contributed by atoms with Crippen LogP contribution in [0.4, 0.5) is 0 Å². The van der Waals surface area contributed by atoms with Crippen molar-refractivity contribution in [1.82, 2.24) is 26.6 Å². The summed E-state index contributed by atoms with van der Waals surface area (Å²) in [5.41, 5.74) is 0. The molecule has 0 aliphatic carbocycles. The lowest BCUT2D eigenvalue weighted by Crippen LogP contribution is -2.70. The third-order valence-corrected chi connectivity index (χ3v) is 17.2. The second-order valence-corrected chi connectivity index (χ2v) is 24.9. The van der Waals surface area contributed by atoms with Crippen LogP contribution in [0.15, 0.2) is 0 Å². The first-order chi connectivity index (χ1) is 46.7. The molecule has 46 nitrogen and oxygen atoms in total. The van der Waals surface area contributed by atoms with Crippen LogP contribution in [0, 0.1) is 0 Å². The Morgan fingerprint density at radius 3 is 0.703 bits per heavy atom. The van der Waals surface area contributed by atoms with Crippen molar-refractivity contribution in [2.75, 3.05) is 33.0 Å². The molecule has 101 heavy (non-hydrogen) atoms. The minimum absolute atomic E-state index is 0.838. The van der Waals surface area contributed by atoms with Gasteiger partial charge in [0.1, 0.15) is 91.6 Å². The van der Waals surface area contributed by atoms with Crippen LogP contribution in [0.1, 0.15) is 66.7 Å². The zero-order chi connectivity index (χ0) is 76.7. The Labute approximate surface area is 568 Å². The van der Waals surface area contributed by atoms with Crippen LogP contribution in [0.3, 0.4) is 0 Å². The quantitative estimate of drug-likeness (QED) is 0.0290. The highest BCUT2D eigenvalue weighted by atomic mass is 16.8. The van der Waals surface area contributed by atoms with Crippen molar-refractivity contribution in [2.24, 2.45) is 0 Å². The highest BCUT2D eigenvalue weighted by Gasteiger charge is 2.63. The summed E-state index contributed by atoms with van der Waals surface area (Å²) in [7, 11) is 0. The van der Waals surface area contributed by atoms with Gasteiger partial charge in [-0.3, -0.25) is 24.0 Å². The monoisotopic (exact) mass is 1470 g/mol. The Kier molecular flexibility index (Phi) is 29.1. The van der Waals surface area contributed by atoms with Crippen LogP contribution in [-0.2, 0) is 90.6 Å². The largest absolute Gasteiger partial charge is 0.477 e. The van der Waals surface area contributed by atoms with Crippen LogP contribution < -0.4 is 26.6 Å². The molecule has 5 rings (SSSR count). The lowest BCUT2D eigenvalue weighted by atomic mass is 9.87. The van der Waals surface area contributed by atoms with E-state index in [2.05, 4.69) is 26.6 Å². The van der Waals surface area contributed by atoms with Crippen LogP contribution in [0.25, 0.3) is 0 Å². The number of carbonyl (C=O) groups excluding carboxylic acids is 5. The molecule has 0 aromatic carbocycles. The Morgan fingerprint density at radius 2 is 0.525 bits per heavy atom. The number of hydrogen-bond acceptors (Lipinski definition) is 36. The zero-order valence-corrected chi connectivity index (χ0v) is 54.1. The van der Waals surface area contributed by atoms with Crippen molar-refractivity contribution in [3.05, 3.63) is 0 Å². The summed E-state index contributed by atoms with van der Waals surface area (Å²) in [6, 6.07) is -9.39. The molecule has 0 spiro atoms. The van der Waals surface area contributed by atoms with Crippen LogP contribution in [0.2, 0.25) is 0 Å². The molecule has 5 saturated heterocycles. The predicted octanol–water partition coefficient (Wildman–Crippen LogP) is -15.2. The maximum Gasteiger partial charge on any atom is 0.364 e. The number of carboxylic acid groups (broad SMARTS) is 5. The van der Waals surface area contributed by atoms with E-state index in [1.807, 2.05) is 0 Å². The predicted molar refractivity (Wildman–Crippen MR) is 311 cm³/mol. The topological polar surface area (TPSA) is 759 Å². The first-order valence-electron chi connectivity index (χ1n) is 30.7. The van der Waals surface area contributed by atoms with Gasteiger partial charge in [0.15, 0.2) is 0 Å². The van der Waals surface area contributed by atoms with Gasteiger partial charge in [0.25, 0.3) is 28.9 Å². The highest BCUT2D eigenvalue weighted by Crippen LogP contribution is 2.40. The van der Waals surface area contributed by atoms with Gasteiger partial charge < -0.3 is 182 Å². The van der Waals surface area contributed by atoms with Gasteiger partial charge in [0.05, 0.1) is 93.8 Å². The highest BCUT2D eigenvalue weighted by molar-refractivity contribution is 5.79. The summed E-state index contributed by atoms with van der Waals surface area (Å²) in [5, 5.41) is 251. The van der Waals surface area contributed by atoms with Crippen molar-refractivity contribution in [1.29, 1.82) is 0 Å². The maximum absolute atomic E-state index is 13.2. The molecule has 5 aliphatic rings. The Balaban J connectivity index is 1.38. The lowest BCUT2D eigenvalue weighted by molar-refractivity contribution is -0.334. The van der Waals surface area contributed by atoms with Gasteiger partial charge >= 0.3 is 29.8 Å². The molecule has 27 N–H and O–H groups in total. The molecule has 30 atom stereocenters. The number of hydrogen-bond donors (Lipinski definition) is 27. The van der Waals surface area contributed by atoms with Crippen molar-refractivity contribution in [3.63, 3.8) is 0 Å². The number of amides is 5. The number of carboxylic acids is 5. The fraction of sp³-hybridized carbons (Fsp3) is 0.818. The molecule has 46 heteroatoms. The molecule has 5 amide bonds. The minimum Gasteiger partial charge on any atom is -0.477 e. The van der Waals surface area contributed by atoms with E-state index in [9.17, 15) is 160 Å². The van der Waals surface area contributed by atoms with Gasteiger partial charge in [0.2, 0.25) is 29.5 Å². The number of ether oxygens (including phenoxy) is 9. The summed E-state index contributed by atoms with van der Waals surface area (Å²) >= 11 is 0. The summed E-state index contributed by atoms with van der Waals surface area (Å²) in [4.78, 5) is 125. The molecular formula is C55H87N5O41. The van der Waals surface area contributed by atoms with Crippen LogP contribution in [-0.4, -0.2) is 386 Å². The fourth-order valence-electron chi connectivity index (χ4n) is 12.1. The lowest BCUT2D eigenvalue weighted by Gasteiger charge is -2.48. The summed E-state index contributed by atoms with van der Waals surface area (Å²) in [5.74, 6) is -32.2. The van der Waals surface area contributed by atoms with Crippen molar-refractivity contribution in [3.8, 4) is 0 Å². The number of rotatable bonds is 33. The van der Waals surface area contributed by atoms with Gasteiger partial charge in [-0.15, -0.1) is 0 Å². The minimum atomic E-state index is -3.41. The molecule has 0 aromatic rings. The molecule has 5 aliphatic heterocycles. The SMILES string of the molecule is CC(=O)N[C@H]1[C@H]([C@H](O)[C@H](O)CO[C@]2(C(=O)O)C[C@H](O)[C@@H](NC(C)=O)[C@H]([C@H](O)[C@H](O)CO[C@]3(C(=O)O)C[C@H](O)[C@@H](NC(C)=O)[C@H]([C@H](O)[C@H](O)CO[C@]4(C(=O)O)C[C@H](O)[C@@H](NC(C)=O)[C@H]([C@H](O)[C@H](O)CO[C@]5(C(=O)O)C[C@H](O)[C@@H](NC(C)=O)[C@H]([C@H](O)[C@H](O)CO)O5)O4)O3)O2)OC(O)(C(=O)O)C[C@@H]1O. The number of carbonyl (C=O) groups is 10. The Morgan fingerprint density at radius 1 is 0.337 bits per heavy atom. The van der Waals surface area contributed by atoms with E-state index in [1.54, 1.807) is 0 Å². The second-order valence-electron chi connectivity index (χ2n) is 24.9. The van der Waals surface area contributed by atoms with Gasteiger partial charge in [-0.2, -0.15) is 0 Å². The molecule has 0 aromatic heterocycles. The third-order valence-electron chi connectivity index (χ3n) is 17.2. The Bertz CT molecular complexity index is 2940. The van der Waals surface area contributed by atoms with E-state index < -0.39 is 306 Å². The molecule has 578 valence electrons. The Hall–Kier alpha value is -6.34. The van der Waals surface area contributed by atoms with E-state index in [4.69, 9.17) is 42.6 Å². The fourth-order valence-corrected chi connectivity index (χ4v) is 12.1. The van der Waals surface area contributed by atoms with Crippen molar-refractivity contribution >= 4 is 59.4 Å². The van der Waals surface area contributed by atoms with Crippen molar-refractivity contribution < 1.29 is 203 Å². The van der Waals surface area contributed by atoms with Gasteiger partial charge in [-0.25, -0.2) is 24.0 Å². The standard InChI is InChI=1S/C55H87N5O41/c1-16(62)56-31-21(67)6-51(92,46(82)83)97-41(31)37(78)27(73)12-93-53(48(86)87)8-23(69)33(58-18(3)64)43(99-53)39(80)29(75)14-95-55(50(90)91)10-25(71)35(60-20(5)66)45(101-55)40(81)30(76)15-96-54(49(88)89)9-24(70)34(59-19(4)65)44(100-54)38(79)28(74)13-94-52(47(84)85)7-22(68)32(57-17(2)63)42(98-52)36(77)26(72)11-61/h21-45,61,67-81,92H,6-15H2,1-5H3,(H,56,62)(H,57,63)(H,58,64)(H,59,65)(H,60,66)(H,82,83)(H,84,85)(H,86,87)(H,88,89)(H,90,91)/t21-,22-,23-,24-,25-,26+,27+,28+,29+,30+,31+,32+,33+,34+,35+,36+,37+,38+,39+,40+,41+,42+,43+,44+,45+,51?,52+,53+,54+,55+/m0/s1. The van der Waals surface area contributed by atoms with E-state index in [-0.39, 0.29) is 0 Å². The number of aliphatic carboxylic acids is 5. The first kappa shape index (κ1) is 85.3. The average molecular weight is 1470 g/mol. The number of nitrogens with one attached hydrogen (secondary N) is 5. The van der Waals surface area contributed by atoms with Gasteiger partial charge in [-0.1, -0.05) is 0 Å². The van der Waals surface area contributed by atoms with Crippen molar-refractivity contribution in [2.45, 2.75) is 248 Å². The first-order valence-corrected chi connectivity index (χ1v) is 30.7. The number of aliphatic hydroxyl groups excluding tert-OH is 16. The summed E-state index contributed by atoms with van der Waals surface area (Å²) in [6.07, 6.45) is -53.7. The average Bonchev–Trinajstić information content (AvgIpc) is 0.785. The molecular weight excluding hydrogens is 1390 g/mol. The normalized spacial score (nSPS) is 37.5. The van der Waals surface area contributed by atoms with Crippen LogP contribution in [0.5, 0.6) is 0 Å². The maximum atomic E-state index is 13.2. The smallest absolute Gasteiger partial charge is 0.364 e. The van der Waals surface area contributed by atoms with E-state index >= 15 is 0 Å². The molecule has 1 unspecified atom stereocenters. The van der Waals surface area contributed by atoms with Crippen LogP contribution >= 0.6 is 0 Å². The van der Waals surface area contributed by atoms with E-state index in [0.717, 1.165) is 34.6 Å². The van der Waals surface area contributed by atoms with E-state index in [1.165, 1.54) is 0 Å². The molecule has 5 heterocycles. The summed E-state index contributed by atoms with van der Waals surface area (Å²) in [6.45, 7) is -2.76. The van der Waals surface area contributed by atoms with E-state index in [0.29, 0.717) is 0 Å². The van der Waals surface area contributed by atoms with Gasteiger partial charge in [0, 0.05) is 66.7 Å². The molecule has 0 bridgehead atoms. The summed E-state index contributed by atoms with van der Waals surface area (Å²) < 4.78 is 49.0. The number of aliphatic hydroxyl groups is 17. The molecule has 5 fully saturated rings. The zero-order valence-electron chi connectivity index (χ0n) is 54.1. The molecule has 0 saturated carbocycles. The second kappa shape index (κ2) is 34.5.